The third-order valence-corrected chi connectivity index (χ3v) is 4.99. The summed E-state index contributed by atoms with van der Waals surface area (Å²) < 4.78 is 0. The predicted molar refractivity (Wildman–Crippen MR) is 96.2 cm³/mol. The second-order valence-electron chi connectivity index (χ2n) is 7.49. The number of fused-ring (bicyclic) bond motifs is 2. The monoisotopic (exact) mass is 338 g/mol. The number of hydroxylamine groups is 1. The van der Waals surface area contributed by atoms with Gasteiger partial charge in [-0.1, -0.05) is 13.8 Å². The van der Waals surface area contributed by atoms with Crippen LogP contribution in [0.5, 0.6) is 0 Å². The van der Waals surface area contributed by atoms with Gasteiger partial charge in [-0.05, 0) is 48.9 Å². The van der Waals surface area contributed by atoms with Gasteiger partial charge in [0.1, 0.15) is 5.69 Å². The molecule has 1 aliphatic carbocycles. The fourth-order valence-corrected chi connectivity index (χ4v) is 3.62. The van der Waals surface area contributed by atoms with Crippen LogP contribution in [-0.2, 0) is 17.7 Å². The zero-order valence-corrected chi connectivity index (χ0v) is 14.7. The Labute approximate surface area is 145 Å². The topological polar surface area (TPSA) is 82.8 Å². The van der Waals surface area contributed by atoms with Crippen molar-refractivity contribution in [1.82, 2.24) is 20.7 Å². The van der Waals surface area contributed by atoms with Crippen molar-refractivity contribution < 1.29 is 9.63 Å². The van der Waals surface area contributed by atoms with Gasteiger partial charge >= 0.3 is 0 Å². The van der Waals surface area contributed by atoms with Crippen LogP contribution in [0, 0.1) is 5.41 Å². The molecule has 2 heterocycles. The summed E-state index contributed by atoms with van der Waals surface area (Å²) in [6, 6.07) is 7.59. The van der Waals surface area contributed by atoms with Crippen LogP contribution >= 0.6 is 0 Å². The van der Waals surface area contributed by atoms with E-state index in [2.05, 4.69) is 40.6 Å². The summed E-state index contributed by atoms with van der Waals surface area (Å²) in [6.07, 6.45) is 3.22. The van der Waals surface area contributed by atoms with Crippen molar-refractivity contribution in [2.75, 3.05) is 7.11 Å². The van der Waals surface area contributed by atoms with Crippen LogP contribution in [0.15, 0.2) is 24.3 Å². The lowest BCUT2D eigenvalue weighted by atomic mass is 9.76. The van der Waals surface area contributed by atoms with Gasteiger partial charge in [-0.2, -0.15) is 5.10 Å². The Morgan fingerprint density at radius 3 is 2.96 bits per heavy atom. The van der Waals surface area contributed by atoms with Gasteiger partial charge in [0.05, 0.1) is 12.8 Å². The van der Waals surface area contributed by atoms with E-state index in [-0.39, 0.29) is 5.91 Å². The van der Waals surface area contributed by atoms with E-state index in [1.165, 1.54) is 18.4 Å². The van der Waals surface area contributed by atoms with Gasteiger partial charge in [-0.3, -0.25) is 14.7 Å². The predicted octanol–water partition coefficient (Wildman–Crippen LogP) is 3.36. The molecule has 0 saturated carbocycles. The van der Waals surface area contributed by atoms with Gasteiger partial charge in [0, 0.05) is 27.7 Å². The lowest BCUT2D eigenvalue weighted by molar-refractivity contribution is 0.0538. The number of carbonyl (C=O) groups excluding carboxylic acids is 1. The highest BCUT2D eigenvalue weighted by atomic mass is 16.6. The van der Waals surface area contributed by atoms with E-state index in [4.69, 9.17) is 4.84 Å². The van der Waals surface area contributed by atoms with Crippen molar-refractivity contribution >= 4 is 16.8 Å². The molecule has 1 amide bonds. The molecule has 0 bridgehead atoms. The summed E-state index contributed by atoms with van der Waals surface area (Å²) in [5.41, 5.74) is 8.73. The molecule has 4 rings (SSSR count). The summed E-state index contributed by atoms with van der Waals surface area (Å²) in [5, 5.41) is 8.76. The maximum Gasteiger partial charge on any atom is 0.274 e. The third-order valence-electron chi connectivity index (χ3n) is 4.99. The summed E-state index contributed by atoms with van der Waals surface area (Å²) in [4.78, 5) is 20.0. The van der Waals surface area contributed by atoms with Gasteiger partial charge in [0.25, 0.3) is 5.91 Å². The molecule has 0 spiro atoms. The smallest absolute Gasteiger partial charge is 0.274 e. The maximum absolute atomic E-state index is 11.9. The van der Waals surface area contributed by atoms with Crippen LogP contribution in [-0.4, -0.2) is 28.2 Å². The molecule has 0 radical (unpaired) electrons. The van der Waals surface area contributed by atoms with Crippen molar-refractivity contribution in [2.45, 2.75) is 33.1 Å². The standard InChI is InChI=1S/C19H22N4O2/c1-19(2)7-6-13-16(10-19)21-22-17(13)15-9-12-8-11(18(24)23-25-3)4-5-14(12)20-15/h4-5,8-9,20H,6-7,10H2,1-3H3,(H,21,22)(H,23,24). The minimum Gasteiger partial charge on any atom is -0.353 e. The van der Waals surface area contributed by atoms with Gasteiger partial charge in [0.15, 0.2) is 0 Å². The van der Waals surface area contributed by atoms with E-state index in [1.54, 1.807) is 6.07 Å². The third kappa shape index (κ3) is 2.82. The Hall–Kier alpha value is -2.60. The van der Waals surface area contributed by atoms with Crippen LogP contribution in [0.2, 0.25) is 0 Å². The Balaban J connectivity index is 1.71. The van der Waals surface area contributed by atoms with E-state index in [0.717, 1.165) is 41.6 Å². The molecule has 0 atom stereocenters. The molecule has 2 aromatic heterocycles. The molecule has 1 aliphatic rings. The maximum atomic E-state index is 11.9. The Bertz CT molecular complexity index is 952. The molecule has 3 aromatic rings. The van der Waals surface area contributed by atoms with Crippen molar-refractivity contribution in [2.24, 2.45) is 5.41 Å². The number of H-pyrrole nitrogens is 2. The SMILES string of the molecule is CONC(=O)c1ccc2[nH]c(-c3n[nH]c4c3CCC(C)(C)C4)cc2c1. The Morgan fingerprint density at radius 2 is 2.16 bits per heavy atom. The van der Waals surface area contributed by atoms with Crippen LogP contribution < -0.4 is 5.48 Å². The second-order valence-corrected chi connectivity index (χ2v) is 7.49. The molecular formula is C19H22N4O2. The minimum atomic E-state index is -0.258. The minimum absolute atomic E-state index is 0.258. The van der Waals surface area contributed by atoms with Gasteiger partial charge < -0.3 is 4.98 Å². The zero-order valence-electron chi connectivity index (χ0n) is 14.7. The molecular weight excluding hydrogens is 316 g/mol. The van der Waals surface area contributed by atoms with E-state index in [9.17, 15) is 4.79 Å². The van der Waals surface area contributed by atoms with Crippen LogP contribution in [0.1, 0.15) is 41.9 Å². The fourth-order valence-electron chi connectivity index (χ4n) is 3.62. The van der Waals surface area contributed by atoms with Crippen molar-refractivity contribution in [3.05, 3.63) is 41.1 Å². The van der Waals surface area contributed by atoms with E-state index >= 15 is 0 Å². The number of nitrogens with zero attached hydrogens (tertiary/aromatic N) is 1. The van der Waals surface area contributed by atoms with Crippen molar-refractivity contribution in [1.29, 1.82) is 0 Å². The van der Waals surface area contributed by atoms with E-state index in [1.807, 2.05) is 12.1 Å². The quantitative estimate of drug-likeness (QED) is 0.640. The summed E-state index contributed by atoms with van der Waals surface area (Å²) in [7, 11) is 1.42. The largest absolute Gasteiger partial charge is 0.353 e. The number of aromatic nitrogens is 3. The number of carbonyl (C=O) groups is 1. The van der Waals surface area contributed by atoms with Crippen LogP contribution in [0.4, 0.5) is 0 Å². The molecule has 130 valence electrons. The molecule has 25 heavy (non-hydrogen) atoms. The molecule has 3 N–H and O–H groups in total. The van der Waals surface area contributed by atoms with Gasteiger partial charge in [-0.15, -0.1) is 0 Å². The average molecular weight is 338 g/mol. The summed E-state index contributed by atoms with van der Waals surface area (Å²) >= 11 is 0. The number of amides is 1. The first kappa shape index (κ1) is 15.9. The summed E-state index contributed by atoms with van der Waals surface area (Å²) in [6.45, 7) is 4.60. The molecule has 6 heteroatoms. The van der Waals surface area contributed by atoms with Crippen LogP contribution in [0.25, 0.3) is 22.3 Å². The Kier molecular flexibility index (Phi) is 3.65. The molecule has 0 saturated heterocycles. The highest BCUT2D eigenvalue weighted by Crippen LogP contribution is 2.38. The van der Waals surface area contributed by atoms with Crippen LogP contribution in [0.3, 0.4) is 0 Å². The first-order valence-electron chi connectivity index (χ1n) is 8.49. The van der Waals surface area contributed by atoms with Gasteiger partial charge in [-0.25, -0.2) is 5.48 Å². The van der Waals surface area contributed by atoms with Gasteiger partial charge in [0.2, 0.25) is 0 Å². The Morgan fingerprint density at radius 1 is 1.32 bits per heavy atom. The lowest BCUT2D eigenvalue weighted by Gasteiger charge is -2.28. The molecule has 0 fully saturated rings. The first-order chi connectivity index (χ1) is 12.0. The molecule has 0 aliphatic heterocycles. The number of aromatic amines is 2. The lowest BCUT2D eigenvalue weighted by Crippen LogP contribution is -2.21. The van der Waals surface area contributed by atoms with Crippen molar-refractivity contribution in [3.63, 3.8) is 0 Å². The number of nitrogens with one attached hydrogen (secondary N) is 3. The highest BCUT2D eigenvalue weighted by Gasteiger charge is 2.29. The molecule has 6 nitrogen and oxygen atoms in total. The average Bonchev–Trinajstić information content (AvgIpc) is 3.16. The first-order valence-corrected chi connectivity index (χ1v) is 8.49. The second kappa shape index (κ2) is 5.74. The highest BCUT2D eigenvalue weighted by molar-refractivity contribution is 5.98. The van der Waals surface area contributed by atoms with E-state index < -0.39 is 0 Å². The van der Waals surface area contributed by atoms with Crippen molar-refractivity contribution in [3.8, 4) is 11.4 Å². The fraction of sp³-hybridized carbons (Fsp3) is 0.368. The summed E-state index contributed by atoms with van der Waals surface area (Å²) in [5.74, 6) is -0.258. The number of hydrogen-bond donors (Lipinski definition) is 3. The van der Waals surface area contributed by atoms with E-state index in [0.29, 0.717) is 11.0 Å². The number of hydrogen-bond acceptors (Lipinski definition) is 3. The normalized spacial score (nSPS) is 16.0. The number of rotatable bonds is 3. The number of benzene rings is 1. The molecule has 0 unspecified atom stereocenters. The molecule has 1 aromatic carbocycles. The zero-order chi connectivity index (χ0) is 17.6.